The Morgan fingerprint density at radius 3 is 2.28 bits per heavy atom. The highest BCUT2D eigenvalue weighted by Crippen LogP contribution is 2.25. The van der Waals surface area contributed by atoms with Crippen LogP contribution in [-0.2, 0) is 0 Å². The fourth-order valence-electron chi connectivity index (χ4n) is 1.91. The highest BCUT2D eigenvalue weighted by Gasteiger charge is 2.17. The van der Waals surface area contributed by atoms with Crippen LogP contribution in [0.5, 0.6) is 0 Å². The topological polar surface area (TPSA) is 24.9 Å². The van der Waals surface area contributed by atoms with E-state index < -0.39 is 0 Å². The Bertz CT molecular complexity index is 499. The molecule has 3 heteroatoms. The van der Waals surface area contributed by atoms with Crippen molar-refractivity contribution in [3.8, 4) is 0 Å². The van der Waals surface area contributed by atoms with Gasteiger partial charge >= 0.3 is 0 Å². The number of rotatable bonds is 4. The predicted molar refractivity (Wildman–Crippen MR) is 78.1 cm³/mol. The van der Waals surface area contributed by atoms with Crippen LogP contribution in [0.3, 0.4) is 0 Å². The molecule has 0 bridgehead atoms. The SMILES string of the molecule is Cc1ccc(C(NC(C)C)c2nc(C)cs2)cc1. The van der Waals surface area contributed by atoms with Crippen LogP contribution in [-0.4, -0.2) is 11.0 Å². The van der Waals surface area contributed by atoms with Crippen molar-refractivity contribution in [1.82, 2.24) is 10.3 Å². The average Bonchev–Trinajstić information content (AvgIpc) is 2.74. The summed E-state index contributed by atoms with van der Waals surface area (Å²) in [7, 11) is 0. The monoisotopic (exact) mass is 260 g/mol. The third kappa shape index (κ3) is 3.18. The third-order valence-electron chi connectivity index (χ3n) is 2.79. The molecule has 0 aliphatic carbocycles. The summed E-state index contributed by atoms with van der Waals surface area (Å²) < 4.78 is 0. The molecular weight excluding hydrogens is 240 g/mol. The zero-order valence-electron chi connectivity index (χ0n) is 11.4. The van der Waals surface area contributed by atoms with Gasteiger partial charge in [0.15, 0.2) is 0 Å². The Morgan fingerprint density at radius 1 is 1.11 bits per heavy atom. The minimum absolute atomic E-state index is 0.198. The summed E-state index contributed by atoms with van der Waals surface area (Å²) in [5.74, 6) is 0. The molecule has 1 unspecified atom stereocenters. The van der Waals surface area contributed by atoms with Gasteiger partial charge in [-0.05, 0) is 33.3 Å². The first-order chi connectivity index (χ1) is 8.56. The van der Waals surface area contributed by atoms with Crippen molar-refractivity contribution < 1.29 is 0 Å². The van der Waals surface area contributed by atoms with Gasteiger partial charge < -0.3 is 5.32 Å². The van der Waals surface area contributed by atoms with Crippen molar-refractivity contribution in [2.45, 2.75) is 39.8 Å². The predicted octanol–water partition coefficient (Wildman–Crippen LogP) is 3.85. The Hall–Kier alpha value is -1.19. The van der Waals surface area contributed by atoms with Gasteiger partial charge in [0.05, 0.1) is 6.04 Å². The normalized spacial score (nSPS) is 12.9. The van der Waals surface area contributed by atoms with Crippen LogP contribution in [0.2, 0.25) is 0 Å². The molecular formula is C15H20N2S. The average molecular weight is 260 g/mol. The molecule has 1 aromatic heterocycles. The van der Waals surface area contributed by atoms with E-state index in [9.17, 15) is 0 Å². The summed E-state index contributed by atoms with van der Waals surface area (Å²) in [5.41, 5.74) is 3.67. The zero-order valence-corrected chi connectivity index (χ0v) is 12.2. The summed E-state index contributed by atoms with van der Waals surface area (Å²) in [6, 6.07) is 9.32. The molecule has 1 heterocycles. The molecule has 0 saturated heterocycles. The number of nitrogens with one attached hydrogen (secondary N) is 1. The summed E-state index contributed by atoms with van der Waals surface area (Å²) in [5, 5.41) is 6.85. The molecule has 0 spiro atoms. The van der Waals surface area contributed by atoms with Crippen molar-refractivity contribution in [3.05, 3.63) is 51.5 Å². The van der Waals surface area contributed by atoms with Crippen LogP contribution < -0.4 is 5.32 Å². The van der Waals surface area contributed by atoms with E-state index >= 15 is 0 Å². The molecule has 1 N–H and O–H groups in total. The van der Waals surface area contributed by atoms with E-state index in [2.05, 4.69) is 60.7 Å². The van der Waals surface area contributed by atoms with E-state index in [1.165, 1.54) is 11.1 Å². The molecule has 1 atom stereocenters. The van der Waals surface area contributed by atoms with Crippen LogP contribution in [0.1, 0.15) is 41.7 Å². The van der Waals surface area contributed by atoms with E-state index in [0.717, 1.165) is 10.7 Å². The second-order valence-electron chi connectivity index (χ2n) is 4.99. The summed E-state index contributed by atoms with van der Waals surface area (Å²) in [4.78, 5) is 4.62. The van der Waals surface area contributed by atoms with E-state index in [1.807, 2.05) is 6.92 Å². The van der Waals surface area contributed by atoms with Gasteiger partial charge in [-0.2, -0.15) is 0 Å². The fourth-order valence-corrected chi connectivity index (χ4v) is 2.79. The van der Waals surface area contributed by atoms with Crippen LogP contribution >= 0.6 is 11.3 Å². The number of benzene rings is 1. The summed E-state index contributed by atoms with van der Waals surface area (Å²) in [6.45, 7) is 8.49. The summed E-state index contributed by atoms with van der Waals surface area (Å²) >= 11 is 1.73. The van der Waals surface area contributed by atoms with Gasteiger partial charge in [0.2, 0.25) is 0 Å². The first-order valence-corrected chi connectivity index (χ1v) is 7.19. The maximum absolute atomic E-state index is 4.62. The molecule has 0 saturated carbocycles. The first-order valence-electron chi connectivity index (χ1n) is 6.31. The highest BCUT2D eigenvalue weighted by atomic mass is 32.1. The second kappa shape index (κ2) is 5.63. The zero-order chi connectivity index (χ0) is 13.1. The lowest BCUT2D eigenvalue weighted by Gasteiger charge is -2.20. The van der Waals surface area contributed by atoms with Crippen molar-refractivity contribution in [2.75, 3.05) is 0 Å². The van der Waals surface area contributed by atoms with Crippen molar-refractivity contribution in [1.29, 1.82) is 0 Å². The molecule has 2 rings (SSSR count). The lowest BCUT2D eigenvalue weighted by atomic mass is 10.0. The van der Waals surface area contributed by atoms with Gasteiger partial charge in [0.1, 0.15) is 5.01 Å². The Labute approximate surface area is 113 Å². The molecule has 0 radical (unpaired) electrons. The van der Waals surface area contributed by atoms with Crippen molar-refractivity contribution in [2.24, 2.45) is 0 Å². The standard InChI is InChI=1S/C15H20N2S/c1-10(2)16-14(15-17-12(4)9-18-15)13-7-5-11(3)6-8-13/h5-10,14,16H,1-4H3. The molecule has 18 heavy (non-hydrogen) atoms. The Kier molecular flexibility index (Phi) is 4.15. The minimum atomic E-state index is 0.198. The van der Waals surface area contributed by atoms with Gasteiger partial charge in [-0.3, -0.25) is 0 Å². The van der Waals surface area contributed by atoms with Crippen LogP contribution in [0.25, 0.3) is 0 Å². The molecule has 0 fully saturated rings. The molecule has 0 aliphatic rings. The van der Waals surface area contributed by atoms with E-state index in [1.54, 1.807) is 11.3 Å². The number of hydrogen-bond donors (Lipinski definition) is 1. The summed E-state index contributed by atoms with van der Waals surface area (Å²) in [6.07, 6.45) is 0. The maximum atomic E-state index is 4.62. The molecule has 2 aromatic rings. The number of thiazole rings is 1. The largest absolute Gasteiger partial charge is 0.302 e. The number of hydrogen-bond acceptors (Lipinski definition) is 3. The number of aromatic nitrogens is 1. The number of nitrogens with zero attached hydrogens (tertiary/aromatic N) is 1. The van der Waals surface area contributed by atoms with E-state index in [-0.39, 0.29) is 6.04 Å². The lowest BCUT2D eigenvalue weighted by Crippen LogP contribution is -2.28. The quantitative estimate of drug-likeness (QED) is 0.903. The second-order valence-corrected chi connectivity index (χ2v) is 5.88. The first kappa shape index (κ1) is 13.2. The molecule has 2 nitrogen and oxygen atoms in total. The van der Waals surface area contributed by atoms with Gasteiger partial charge in [-0.15, -0.1) is 11.3 Å². The maximum Gasteiger partial charge on any atom is 0.114 e. The highest BCUT2D eigenvalue weighted by molar-refractivity contribution is 7.09. The van der Waals surface area contributed by atoms with Gasteiger partial charge in [0.25, 0.3) is 0 Å². The van der Waals surface area contributed by atoms with Crippen LogP contribution in [0.4, 0.5) is 0 Å². The van der Waals surface area contributed by atoms with E-state index in [4.69, 9.17) is 0 Å². The van der Waals surface area contributed by atoms with Gasteiger partial charge in [-0.1, -0.05) is 29.8 Å². The van der Waals surface area contributed by atoms with Crippen LogP contribution in [0.15, 0.2) is 29.6 Å². The van der Waals surface area contributed by atoms with Crippen molar-refractivity contribution >= 4 is 11.3 Å². The minimum Gasteiger partial charge on any atom is -0.302 e. The van der Waals surface area contributed by atoms with Gasteiger partial charge in [0, 0.05) is 17.1 Å². The molecule has 1 aromatic carbocycles. The molecule has 96 valence electrons. The van der Waals surface area contributed by atoms with E-state index in [0.29, 0.717) is 6.04 Å². The third-order valence-corrected chi connectivity index (χ3v) is 3.82. The van der Waals surface area contributed by atoms with Gasteiger partial charge in [-0.25, -0.2) is 4.98 Å². The smallest absolute Gasteiger partial charge is 0.114 e. The number of aryl methyl sites for hydroxylation is 2. The molecule has 0 aliphatic heterocycles. The molecule has 0 amide bonds. The van der Waals surface area contributed by atoms with Crippen molar-refractivity contribution in [3.63, 3.8) is 0 Å². The Morgan fingerprint density at radius 2 is 1.78 bits per heavy atom. The lowest BCUT2D eigenvalue weighted by molar-refractivity contribution is 0.526. The fraction of sp³-hybridized carbons (Fsp3) is 0.400. The Balaban J connectivity index is 2.33. The van der Waals surface area contributed by atoms with Crippen LogP contribution in [0, 0.1) is 13.8 Å².